The number of nitrogens with zero attached hydrogens (tertiary/aromatic N) is 4. The number of anilines is 2. The first kappa shape index (κ1) is 22.7. The molecule has 0 saturated carbocycles. The molecule has 0 atom stereocenters. The van der Waals surface area contributed by atoms with Crippen LogP contribution in [0.4, 0.5) is 16.2 Å². The lowest BCUT2D eigenvalue weighted by molar-refractivity contribution is 0.102. The molecule has 1 aliphatic rings. The van der Waals surface area contributed by atoms with Gasteiger partial charge in [-0.05, 0) is 56.1 Å². The van der Waals surface area contributed by atoms with Crippen molar-refractivity contribution in [3.05, 3.63) is 39.7 Å². The van der Waals surface area contributed by atoms with Crippen LogP contribution in [0.1, 0.15) is 42.7 Å². The van der Waals surface area contributed by atoms with Gasteiger partial charge in [0.15, 0.2) is 0 Å². The highest BCUT2D eigenvalue weighted by atomic mass is 79.9. The topological polar surface area (TPSA) is 104 Å². The summed E-state index contributed by atoms with van der Waals surface area (Å²) in [5.41, 5.74) is 2.26. The third-order valence-electron chi connectivity index (χ3n) is 5.81. The highest BCUT2D eigenvalue weighted by molar-refractivity contribution is 9.10. The molecule has 0 spiro atoms. The zero-order chi connectivity index (χ0) is 22.9. The Kier molecular flexibility index (Phi) is 6.50. The van der Waals surface area contributed by atoms with Gasteiger partial charge in [0.1, 0.15) is 4.83 Å². The lowest BCUT2D eigenvalue weighted by Crippen LogP contribution is -2.43. The van der Waals surface area contributed by atoms with Crippen molar-refractivity contribution in [2.75, 3.05) is 30.3 Å². The molecule has 9 nitrogen and oxygen atoms in total. The molecule has 3 N–H and O–H groups in total. The van der Waals surface area contributed by atoms with E-state index >= 15 is 0 Å². The molecule has 32 heavy (non-hydrogen) atoms. The van der Waals surface area contributed by atoms with Gasteiger partial charge >= 0.3 is 6.03 Å². The van der Waals surface area contributed by atoms with Crippen molar-refractivity contribution in [3.63, 3.8) is 0 Å². The average molecular weight is 520 g/mol. The number of pyridine rings is 1. The number of fused-ring (bicyclic) bond motifs is 1. The average Bonchev–Trinajstić information content (AvgIpc) is 3.43. The van der Waals surface area contributed by atoms with Crippen LogP contribution in [0.2, 0.25) is 0 Å². The number of carbonyl (C=O) groups excluding carboxylic acids is 2. The van der Waals surface area contributed by atoms with Crippen molar-refractivity contribution < 1.29 is 9.59 Å². The molecule has 11 heteroatoms. The van der Waals surface area contributed by atoms with Gasteiger partial charge in [0, 0.05) is 30.2 Å². The molecular weight excluding hydrogens is 494 g/mol. The largest absolute Gasteiger partial charge is 0.337 e. The molecule has 0 radical (unpaired) electrons. The summed E-state index contributed by atoms with van der Waals surface area (Å²) < 4.78 is 2.22. The number of rotatable bonds is 6. The Hall–Kier alpha value is -2.50. The van der Waals surface area contributed by atoms with Crippen molar-refractivity contribution in [2.24, 2.45) is 0 Å². The summed E-state index contributed by atoms with van der Waals surface area (Å²) in [5, 5.41) is 14.7. The van der Waals surface area contributed by atoms with E-state index in [0.29, 0.717) is 33.6 Å². The molecule has 0 bridgehead atoms. The van der Waals surface area contributed by atoms with Crippen molar-refractivity contribution in [2.45, 2.75) is 39.2 Å². The van der Waals surface area contributed by atoms with Crippen LogP contribution in [-0.2, 0) is 0 Å². The quantitative estimate of drug-likeness (QED) is 0.454. The van der Waals surface area contributed by atoms with Crippen molar-refractivity contribution >= 4 is 55.4 Å². The van der Waals surface area contributed by atoms with E-state index in [1.807, 2.05) is 5.38 Å². The normalized spacial score (nSPS) is 15.8. The highest BCUT2D eigenvalue weighted by Crippen LogP contribution is 2.33. The van der Waals surface area contributed by atoms with Crippen LogP contribution < -0.4 is 16.0 Å². The van der Waals surface area contributed by atoms with E-state index in [1.165, 1.54) is 30.4 Å². The maximum absolute atomic E-state index is 12.8. The summed E-state index contributed by atoms with van der Waals surface area (Å²) >= 11 is 4.95. The van der Waals surface area contributed by atoms with Crippen LogP contribution in [0.25, 0.3) is 4.83 Å². The number of aryl methyl sites for hydroxylation is 1. The van der Waals surface area contributed by atoms with Crippen LogP contribution in [0.15, 0.2) is 28.4 Å². The summed E-state index contributed by atoms with van der Waals surface area (Å²) in [6.45, 7) is 8.67. The minimum absolute atomic E-state index is 0.180. The molecule has 3 aromatic heterocycles. The molecule has 1 aliphatic heterocycles. The van der Waals surface area contributed by atoms with E-state index in [-0.39, 0.29) is 17.5 Å². The van der Waals surface area contributed by atoms with Gasteiger partial charge in [0.05, 0.1) is 39.5 Å². The second-order valence-electron chi connectivity index (χ2n) is 8.40. The molecule has 3 amide bonds. The van der Waals surface area contributed by atoms with Crippen molar-refractivity contribution in [3.8, 4) is 0 Å². The first-order chi connectivity index (χ1) is 15.3. The number of amides is 3. The SMILES string of the molecule is Cc1ncc(NC(=O)NCCN2CCCC2(C)C)c(Br)c1NC(=O)c1cnn2ccsc12. The highest BCUT2D eigenvalue weighted by Gasteiger charge is 2.31. The number of thiazole rings is 1. The monoisotopic (exact) mass is 519 g/mol. The number of likely N-dealkylation sites (tertiary alicyclic amines) is 1. The fourth-order valence-corrected chi connectivity index (χ4v) is 5.30. The molecule has 0 aliphatic carbocycles. The van der Waals surface area contributed by atoms with Gasteiger partial charge in [0.25, 0.3) is 5.91 Å². The standard InChI is InChI=1S/C21H26BrN7O2S/c1-13-17(27-18(30)14-11-25-29-9-10-32-19(14)29)16(22)15(12-24-13)26-20(31)23-6-8-28-7-4-5-21(28,2)3/h9-12H,4-8H2,1-3H3,(H,27,30)(H2,23,26,31). The van der Waals surface area contributed by atoms with Crippen molar-refractivity contribution in [1.29, 1.82) is 0 Å². The van der Waals surface area contributed by atoms with E-state index < -0.39 is 0 Å². The molecule has 4 rings (SSSR count). The third kappa shape index (κ3) is 4.64. The lowest BCUT2D eigenvalue weighted by Gasteiger charge is -2.31. The summed E-state index contributed by atoms with van der Waals surface area (Å²) in [4.78, 5) is 32.8. The van der Waals surface area contributed by atoms with Crippen LogP contribution in [0.3, 0.4) is 0 Å². The summed E-state index contributed by atoms with van der Waals surface area (Å²) in [7, 11) is 0. The van der Waals surface area contributed by atoms with E-state index in [4.69, 9.17) is 0 Å². The van der Waals surface area contributed by atoms with Crippen LogP contribution in [0, 0.1) is 6.92 Å². The van der Waals surface area contributed by atoms with E-state index in [2.05, 4.69) is 60.7 Å². The molecule has 4 heterocycles. The number of aromatic nitrogens is 3. The Morgan fingerprint density at radius 1 is 1.28 bits per heavy atom. The van der Waals surface area contributed by atoms with E-state index in [0.717, 1.165) is 17.9 Å². The second kappa shape index (κ2) is 9.16. The lowest BCUT2D eigenvalue weighted by atomic mass is 10.0. The Morgan fingerprint density at radius 2 is 2.09 bits per heavy atom. The van der Waals surface area contributed by atoms with E-state index in [1.54, 1.807) is 23.8 Å². The zero-order valence-electron chi connectivity index (χ0n) is 18.2. The zero-order valence-corrected chi connectivity index (χ0v) is 20.6. The van der Waals surface area contributed by atoms with Gasteiger partial charge in [-0.1, -0.05) is 0 Å². The van der Waals surface area contributed by atoms with E-state index in [9.17, 15) is 9.59 Å². The third-order valence-corrected chi connectivity index (χ3v) is 7.52. The fourth-order valence-electron chi connectivity index (χ4n) is 3.92. The Bertz CT molecular complexity index is 1160. The van der Waals surface area contributed by atoms with Gasteiger partial charge in [-0.25, -0.2) is 9.31 Å². The minimum Gasteiger partial charge on any atom is -0.337 e. The number of nitrogens with one attached hydrogen (secondary N) is 3. The molecule has 1 fully saturated rings. The van der Waals surface area contributed by atoms with Crippen LogP contribution in [-0.4, -0.2) is 56.6 Å². The molecule has 1 saturated heterocycles. The molecule has 170 valence electrons. The first-order valence-corrected chi connectivity index (χ1v) is 12.1. The summed E-state index contributed by atoms with van der Waals surface area (Å²) in [6.07, 6.45) is 7.26. The van der Waals surface area contributed by atoms with Crippen molar-refractivity contribution in [1.82, 2.24) is 24.8 Å². The molecule has 0 aromatic carbocycles. The molecule has 0 unspecified atom stereocenters. The van der Waals surface area contributed by atoms with Gasteiger partial charge in [-0.15, -0.1) is 11.3 Å². The Labute approximate surface area is 198 Å². The fraction of sp³-hybridized carbons (Fsp3) is 0.429. The minimum atomic E-state index is -0.317. The number of halogens is 1. The first-order valence-electron chi connectivity index (χ1n) is 10.4. The number of hydrogen-bond acceptors (Lipinski definition) is 6. The van der Waals surface area contributed by atoms with Gasteiger partial charge in [-0.3, -0.25) is 14.7 Å². The van der Waals surface area contributed by atoms with Gasteiger partial charge in [0.2, 0.25) is 0 Å². The maximum atomic E-state index is 12.8. The van der Waals surface area contributed by atoms with Crippen LogP contribution >= 0.6 is 27.3 Å². The number of urea groups is 1. The Morgan fingerprint density at radius 3 is 2.84 bits per heavy atom. The summed E-state index contributed by atoms with van der Waals surface area (Å²) in [5.74, 6) is -0.289. The predicted molar refractivity (Wildman–Crippen MR) is 130 cm³/mol. The van der Waals surface area contributed by atoms with Gasteiger partial charge in [-0.2, -0.15) is 5.10 Å². The second-order valence-corrected chi connectivity index (χ2v) is 10.1. The smallest absolute Gasteiger partial charge is 0.319 e. The molecule has 3 aromatic rings. The predicted octanol–water partition coefficient (Wildman–Crippen LogP) is 4.11. The Balaban J connectivity index is 1.39. The molecular formula is C21H26BrN7O2S. The van der Waals surface area contributed by atoms with Gasteiger partial charge < -0.3 is 16.0 Å². The number of carbonyl (C=O) groups is 2. The summed E-state index contributed by atoms with van der Waals surface area (Å²) in [6, 6.07) is -0.317. The maximum Gasteiger partial charge on any atom is 0.319 e. The number of hydrogen-bond donors (Lipinski definition) is 3. The van der Waals surface area contributed by atoms with Crippen LogP contribution in [0.5, 0.6) is 0 Å².